The summed E-state index contributed by atoms with van der Waals surface area (Å²) in [5.74, 6) is 1.30. The predicted molar refractivity (Wildman–Crippen MR) is 92.3 cm³/mol. The van der Waals surface area contributed by atoms with E-state index in [2.05, 4.69) is 20.6 Å². The molecule has 0 amide bonds. The first-order valence-electron chi connectivity index (χ1n) is 8.05. The number of aromatic nitrogens is 6. The standard InChI is InChI=1S/C14H24N6O2S2/c1-19-13(11-15-17-19)23(21)9-7-5-3-4-6-8-10-24(22)14-12-16-18-20(14)2/h11-12H,3-10H2,1-2H3. The summed E-state index contributed by atoms with van der Waals surface area (Å²) >= 11 is 0. The summed E-state index contributed by atoms with van der Waals surface area (Å²) in [5.41, 5.74) is 0. The molecule has 2 atom stereocenters. The van der Waals surface area contributed by atoms with Gasteiger partial charge in [0.2, 0.25) is 0 Å². The van der Waals surface area contributed by atoms with Crippen molar-refractivity contribution in [2.75, 3.05) is 11.5 Å². The van der Waals surface area contributed by atoms with Crippen LogP contribution in [0.4, 0.5) is 0 Å². The van der Waals surface area contributed by atoms with Crippen LogP contribution in [0.2, 0.25) is 0 Å². The fourth-order valence-electron chi connectivity index (χ4n) is 2.36. The van der Waals surface area contributed by atoms with Gasteiger partial charge in [0.15, 0.2) is 0 Å². The molecular weight excluding hydrogens is 348 g/mol. The summed E-state index contributed by atoms with van der Waals surface area (Å²) in [6.07, 6.45) is 9.34. The average Bonchev–Trinajstić information content (AvgIpc) is 3.17. The zero-order chi connectivity index (χ0) is 17.4. The third-order valence-corrected chi connectivity index (χ3v) is 6.71. The average molecular weight is 373 g/mol. The highest BCUT2D eigenvalue weighted by Crippen LogP contribution is 2.11. The number of hydrogen-bond acceptors (Lipinski definition) is 6. The molecule has 0 radical (unpaired) electrons. The molecule has 134 valence electrons. The molecule has 0 aliphatic rings. The van der Waals surface area contributed by atoms with Crippen LogP contribution in [0.5, 0.6) is 0 Å². The molecule has 0 fully saturated rings. The first-order chi connectivity index (χ1) is 11.6. The maximum absolute atomic E-state index is 12.0. The summed E-state index contributed by atoms with van der Waals surface area (Å²) in [6, 6.07) is 0. The third kappa shape index (κ3) is 5.59. The monoisotopic (exact) mass is 372 g/mol. The van der Waals surface area contributed by atoms with Crippen molar-refractivity contribution in [1.29, 1.82) is 0 Å². The minimum atomic E-state index is -1.01. The largest absolute Gasteiger partial charge is 0.253 e. The van der Waals surface area contributed by atoms with Crippen LogP contribution >= 0.6 is 0 Å². The highest BCUT2D eigenvalue weighted by atomic mass is 32.2. The van der Waals surface area contributed by atoms with Crippen LogP contribution in [0, 0.1) is 0 Å². The van der Waals surface area contributed by atoms with Crippen molar-refractivity contribution >= 4 is 21.6 Å². The molecule has 0 spiro atoms. The zero-order valence-corrected chi connectivity index (χ0v) is 15.8. The van der Waals surface area contributed by atoms with Gasteiger partial charge < -0.3 is 0 Å². The first kappa shape index (κ1) is 18.9. The Morgan fingerprint density at radius 2 is 1.12 bits per heavy atom. The molecule has 2 rings (SSSR count). The van der Waals surface area contributed by atoms with Gasteiger partial charge in [0.25, 0.3) is 0 Å². The second kappa shape index (κ2) is 9.77. The van der Waals surface area contributed by atoms with Gasteiger partial charge in [0.1, 0.15) is 10.1 Å². The molecule has 24 heavy (non-hydrogen) atoms. The van der Waals surface area contributed by atoms with Crippen molar-refractivity contribution in [3.8, 4) is 0 Å². The Bertz CT molecular complexity index is 626. The lowest BCUT2D eigenvalue weighted by atomic mass is 10.1. The van der Waals surface area contributed by atoms with Crippen molar-refractivity contribution in [1.82, 2.24) is 30.0 Å². The fraction of sp³-hybridized carbons (Fsp3) is 0.714. The molecule has 2 aromatic heterocycles. The van der Waals surface area contributed by atoms with E-state index in [0.717, 1.165) is 38.5 Å². The van der Waals surface area contributed by atoms with Crippen LogP contribution in [0.25, 0.3) is 0 Å². The lowest BCUT2D eigenvalue weighted by molar-refractivity contribution is 0.610. The minimum Gasteiger partial charge on any atom is -0.253 e. The van der Waals surface area contributed by atoms with Crippen LogP contribution in [0.3, 0.4) is 0 Å². The number of hydrogen-bond donors (Lipinski definition) is 0. The Labute approximate surface area is 146 Å². The molecule has 0 saturated carbocycles. The molecule has 0 N–H and O–H groups in total. The molecule has 8 nitrogen and oxygen atoms in total. The van der Waals surface area contributed by atoms with Crippen molar-refractivity contribution < 1.29 is 8.42 Å². The van der Waals surface area contributed by atoms with E-state index in [1.54, 1.807) is 35.9 Å². The number of rotatable bonds is 11. The van der Waals surface area contributed by atoms with Crippen molar-refractivity contribution in [3.63, 3.8) is 0 Å². The summed E-state index contributed by atoms with van der Waals surface area (Å²) in [4.78, 5) is 0. The summed E-state index contributed by atoms with van der Waals surface area (Å²) < 4.78 is 27.2. The third-order valence-electron chi connectivity index (χ3n) is 3.72. The van der Waals surface area contributed by atoms with Gasteiger partial charge in [-0.15, -0.1) is 10.2 Å². The van der Waals surface area contributed by atoms with E-state index in [9.17, 15) is 8.42 Å². The summed E-state index contributed by atoms with van der Waals surface area (Å²) in [7, 11) is 1.48. The molecule has 0 aliphatic carbocycles. The van der Waals surface area contributed by atoms with Crippen LogP contribution in [0.1, 0.15) is 38.5 Å². The maximum Gasteiger partial charge on any atom is 0.145 e. The van der Waals surface area contributed by atoms with E-state index in [1.165, 1.54) is 0 Å². The second-order valence-corrected chi connectivity index (χ2v) is 8.65. The van der Waals surface area contributed by atoms with Gasteiger partial charge in [-0.25, -0.2) is 9.36 Å². The summed E-state index contributed by atoms with van der Waals surface area (Å²) in [5, 5.41) is 16.4. The Hall–Kier alpha value is -1.42. The molecule has 0 saturated heterocycles. The van der Waals surface area contributed by atoms with Crippen molar-refractivity contribution in [2.24, 2.45) is 14.1 Å². The number of unbranched alkanes of at least 4 members (excludes halogenated alkanes) is 5. The second-order valence-electron chi connectivity index (χ2n) is 5.61. The minimum absolute atomic E-state index is 0.652. The van der Waals surface area contributed by atoms with Gasteiger partial charge in [0.05, 0.1) is 34.0 Å². The van der Waals surface area contributed by atoms with Crippen LogP contribution in [0.15, 0.2) is 22.4 Å². The Kier molecular flexibility index (Phi) is 7.70. The van der Waals surface area contributed by atoms with E-state index < -0.39 is 21.6 Å². The van der Waals surface area contributed by atoms with Gasteiger partial charge >= 0.3 is 0 Å². The number of aryl methyl sites for hydroxylation is 2. The summed E-state index contributed by atoms with van der Waals surface area (Å²) in [6.45, 7) is 0. The Morgan fingerprint density at radius 3 is 1.46 bits per heavy atom. The van der Waals surface area contributed by atoms with E-state index in [1.807, 2.05) is 0 Å². The molecular formula is C14H24N6O2S2. The topological polar surface area (TPSA) is 95.6 Å². The molecule has 0 aromatic carbocycles. The molecule has 0 bridgehead atoms. The quantitative estimate of drug-likeness (QED) is 0.550. The predicted octanol–water partition coefficient (Wildman–Crippen LogP) is 1.20. The SMILES string of the molecule is Cn1nncc1S(=O)CCCCCCCCS(=O)c1cnnn1C. The fourth-order valence-corrected chi connectivity index (χ4v) is 4.70. The van der Waals surface area contributed by atoms with Crippen LogP contribution in [-0.2, 0) is 35.7 Å². The molecule has 0 aliphatic heterocycles. The van der Waals surface area contributed by atoms with Crippen molar-refractivity contribution in [3.05, 3.63) is 12.4 Å². The van der Waals surface area contributed by atoms with Gasteiger partial charge in [-0.2, -0.15) is 0 Å². The van der Waals surface area contributed by atoms with Gasteiger partial charge in [-0.05, 0) is 12.8 Å². The zero-order valence-electron chi connectivity index (χ0n) is 14.1. The lowest BCUT2D eigenvalue weighted by Crippen LogP contribution is -2.05. The Balaban J connectivity index is 1.50. The highest BCUT2D eigenvalue weighted by molar-refractivity contribution is 7.85. The van der Waals surface area contributed by atoms with Gasteiger partial charge in [-0.3, -0.25) is 8.42 Å². The molecule has 2 heterocycles. The van der Waals surface area contributed by atoms with Crippen molar-refractivity contribution in [2.45, 2.75) is 48.6 Å². The highest BCUT2D eigenvalue weighted by Gasteiger charge is 2.09. The number of nitrogens with zero attached hydrogens (tertiary/aromatic N) is 6. The van der Waals surface area contributed by atoms with E-state index in [0.29, 0.717) is 21.6 Å². The van der Waals surface area contributed by atoms with Gasteiger partial charge in [-0.1, -0.05) is 36.1 Å². The lowest BCUT2D eigenvalue weighted by Gasteiger charge is -2.03. The maximum atomic E-state index is 12.0. The van der Waals surface area contributed by atoms with E-state index in [4.69, 9.17) is 0 Å². The normalized spacial score (nSPS) is 13.9. The molecule has 2 aromatic rings. The smallest absolute Gasteiger partial charge is 0.145 e. The molecule has 10 heteroatoms. The Morgan fingerprint density at radius 1 is 0.750 bits per heavy atom. The first-order valence-corrected chi connectivity index (χ1v) is 10.7. The van der Waals surface area contributed by atoms with E-state index in [-0.39, 0.29) is 0 Å². The van der Waals surface area contributed by atoms with E-state index >= 15 is 0 Å². The van der Waals surface area contributed by atoms with Crippen LogP contribution < -0.4 is 0 Å². The molecule has 2 unspecified atom stereocenters. The van der Waals surface area contributed by atoms with Crippen LogP contribution in [-0.4, -0.2) is 49.9 Å². The van der Waals surface area contributed by atoms with Gasteiger partial charge in [0, 0.05) is 25.6 Å².